The summed E-state index contributed by atoms with van der Waals surface area (Å²) in [4.78, 5) is 15.9. The van der Waals surface area contributed by atoms with Gasteiger partial charge in [-0.15, -0.1) is 0 Å². The molecule has 69 heavy (non-hydrogen) atoms. The van der Waals surface area contributed by atoms with Crippen LogP contribution in [0.15, 0.2) is 241 Å². The molecule has 6 heteroatoms. The largest absolute Gasteiger partial charge is 0.455 e. The van der Waals surface area contributed by atoms with Crippen LogP contribution in [0.25, 0.3) is 133 Å². The van der Waals surface area contributed by atoms with Crippen LogP contribution in [0, 0.1) is 0 Å². The summed E-state index contributed by atoms with van der Waals surface area (Å²) in [6.45, 7) is 0. The molecule has 4 heterocycles. The second-order valence-corrected chi connectivity index (χ2v) is 17.6. The predicted molar refractivity (Wildman–Crippen MR) is 283 cm³/mol. The Morgan fingerprint density at radius 1 is 0.275 bits per heavy atom. The number of aromatic nitrogens is 5. The van der Waals surface area contributed by atoms with E-state index in [1.54, 1.807) is 0 Å². The van der Waals surface area contributed by atoms with E-state index in [1.165, 1.54) is 21.5 Å². The predicted octanol–water partition coefficient (Wildman–Crippen LogP) is 16.3. The van der Waals surface area contributed by atoms with Crippen LogP contribution < -0.4 is 0 Å². The standard InChI is InChI=1S/C63H39N5O/c1-4-18-40(19-5-1)43-32-34-50-49-26-12-14-28-55(49)67(58(50)36-43)44-33-35-46(54(37-44)63-65-61(41-20-6-2-7-21-41)64-62(66-63)42-22-8-3-9-23-42)52-38-45(39-53-51-27-13-17-31-59(51)69-60(52)53)68-56-29-15-10-24-47(56)48-25-11-16-30-57(48)68/h1-39H. The molecule has 0 aliphatic carbocycles. The Morgan fingerprint density at radius 3 is 1.36 bits per heavy atom. The summed E-state index contributed by atoms with van der Waals surface area (Å²) in [7, 11) is 0. The van der Waals surface area contributed by atoms with E-state index in [2.05, 4.69) is 203 Å². The fraction of sp³-hybridized carbons (Fsp3) is 0. The number of rotatable bonds is 7. The lowest BCUT2D eigenvalue weighted by Gasteiger charge is -2.17. The fourth-order valence-electron chi connectivity index (χ4n) is 10.4. The Bertz CT molecular complexity index is 4190. The van der Waals surface area contributed by atoms with Gasteiger partial charge in [-0.05, 0) is 71.3 Å². The first-order valence-electron chi connectivity index (χ1n) is 23.3. The summed E-state index contributed by atoms with van der Waals surface area (Å²) in [5.41, 5.74) is 14.9. The van der Waals surface area contributed by atoms with Gasteiger partial charge in [0.2, 0.25) is 0 Å². The summed E-state index contributed by atoms with van der Waals surface area (Å²) in [6.07, 6.45) is 0. The van der Waals surface area contributed by atoms with Crippen molar-refractivity contribution in [2.75, 3.05) is 0 Å². The Hall–Kier alpha value is -9.39. The van der Waals surface area contributed by atoms with Crippen molar-refractivity contribution in [3.8, 4) is 67.8 Å². The minimum absolute atomic E-state index is 0.553. The highest BCUT2D eigenvalue weighted by atomic mass is 16.3. The Balaban J connectivity index is 1.10. The summed E-state index contributed by atoms with van der Waals surface area (Å²) in [6, 6.07) is 83.4. The van der Waals surface area contributed by atoms with Gasteiger partial charge in [-0.25, -0.2) is 15.0 Å². The molecule has 0 saturated heterocycles. The van der Waals surface area contributed by atoms with Crippen LogP contribution in [0.4, 0.5) is 0 Å². The molecular formula is C63H39N5O. The Kier molecular flexibility index (Phi) is 8.79. The van der Waals surface area contributed by atoms with E-state index in [4.69, 9.17) is 19.4 Å². The van der Waals surface area contributed by atoms with Gasteiger partial charge in [0.1, 0.15) is 11.2 Å². The van der Waals surface area contributed by atoms with Gasteiger partial charge < -0.3 is 13.6 Å². The highest BCUT2D eigenvalue weighted by molar-refractivity contribution is 6.14. The first-order valence-corrected chi connectivity index (χ1v) is 23.3. The van der Waals surface area contributed by atoms with Crippen LogP contribution in [0.2, 0.25) is 0 Å². The quantitative estimate of drug-likeness (QED) is 0.160. The zero-order valence-electron chi connectivity index (χ0n) is 37.2. The van der Waals surface area contributed by atoms with Gasteiger partial charge in [-0.1, -0.05) is 182 Å². The van der Waals surface area contributed by atoms with Gasteiger partial charge >= 0.3 is 0 Å². The topological polar surface area (TPSA) is 61.7 Å². The lowest BCUT2D eigenvalue weighted by atomic mass is 9.95. The molecule has 0 fully saturated rings. The SMILES string of the molecule is c1ccc(-c2ccc3c4ccccc4n(-c4ccc(-c5cc(-n6c7ccccc7c7ccccc76)cc6c5oc5ccccc56)c(-c5nc(-c6ccccc6)nc(-c6ccccc6)n5)c4)c3c2)cc1. The molecule has 0 unspecified atom stereocenters. The van der Waals surface area contributed by atoms with E-state index in [-0.39, 0.29) is 0 Å². The normalized spacial score (nSPS) is 11.8. The number of hydrogen-bond donors (Lipinski definition) is 0. The van der Waals surface area contributed by atoms with E-state index in [0.717, 1.165) is 94.3 Å². The van der Waals surface area contributed by atoms with E-state index in [0.29, 0.717) is 17.5 Å². The van der Waals surface area contributed by atoms with Gasteiger partial charge in [-0.2, -0.15) is 0 Å². The van der Waals surface area contributed by atoms with Crippen LogP contribution >= 0.6 is 0 Å². The molecule has 0 atom stereocenters. The third-order valence-corrected chi connectivity index (χ3v) is 13.6. The molecule has 0 bridgehead atoms. The third-order valence-electron chi connectivity index (χ3n) is 13.6. The maximum absolute atomic E-state index is 6.97. The van der Waals surface area contributed by atoms with Gasteiger partial charge in [0.05, 0.1) is 22.1 Å². The van der Waals surface area contributed by atoms with Crippen molar-refractivity contribution in [3.63, 3.8) is 0 Å². The number of hydrogen-bond acceptors (Lipinski definition) is 4. The maximum Gasteiger partial charge on any atom is 0.164 e. The molecular weight excluding hydrogens is 843 g/mol. The number of fused-ring (bicyclic) bond motifs is 9. The first kappa shape index (κ1) is 38.8. The van der Waals surface area contributed by atoms with Crippen molar-refractivity contribution in [2.45, 2.75) is 0 Å². The lowest BCUT2D eigenvalue weighted by Crippen LogP contribution is -2.03. The molecule has 322 valence electrons. The van der Waals surface area contributed by atoms with E-state index in [9.17, 15) is 0 Å². The number of furan rings is 1. The second kappa shape index (κ2) is 15.6. The van der Waals surface area contributed by atoms with Crippen LogP contribution in [0.5, 0.6) is 0 Å². The number of benzene rings is 10. The summed E-state index contributed by atoms with van der Waals surface area (Å²) < 4.78 is 11.7. The monoisotopic (exact) mass is 881 g/mol. The van der Waals surface area contributed by atoms with E-state index in [1.807, 2.05) is 42.5 Å². The minimum Gasteiger partial charge on any atom is -0.455 e. The second-order valence-electron chi connectivity index (χ2n) is 17.6. The molecule has 0 N–H and O–H groups in total. The summed E-state index contributed by atoms with van der Waals surface area (Å²) >= 11 is 0. The Labute approximate surface area is 396 Å². The molecule has 0 amide bonds. The van der Waals surface area contributed by atoms with Gasteiger partial charge in [0.25, 0.3) is 0 Å². The molecule has 0 saturated carbocycles. The minimum atomic E-state index is 0.553. The number of para-hydroxylation sites is 4. The van der Waals surface area contributed by atoms with Crippen molar-refractivity contribution in [2.24, 2.45) is 0 Å². The third kappa shape index (κ3) is 6.30. The summed E-state index contributed by atoms with van der Waals surface area (Å²) in [5, 5.41) is 6.83. The molecule has 4 aromatic heterocycles. The van der Waals surface area contributed by atoms with Gasteiger partial charge in [0, 0.05) is 65.9 Å². The molecule has 14 rings (SSSR count). The number of nitrogens with zero attached hydrogens (tertiary/aromatic N) is 5. The zero-order chi connectivity index (χ0) is 45.4. The maximum atomic E-state index is 6.97. The average molecular weight is 882 g/mol. The van der Waals surface area contributed by atoms with Crippen LogP contribution in [0.3, 0.4) is 0 Å². The van der Waals surface area contributed by atoms with Crippen molar-refractivity contribution < 1.29 is 4.42 Å². The van der Waals surface area contributed by atoms with Crippen LogP contribution in [-0.2, 0) is 0 Å². The molecule has 0 aliphatic heterocycles. The molecule has 0 spiro atoms. The lowest BCUT2D eigenvalue weighted by molar-refractivity contribution is 0.670. The van der Waals surface area contributed by atoms with E-state index < -0.39 is 0 Å². The fourth-order valence-corrected chi connectivity index (χ4v) is 10.4. The molecule has 0 radical (unpaired) electrons. The molecule has 10 aromatic carbocycles. The zero-order valence-corrected chi connectivity index (χ0v) is 37.2. The van der Waals surface area contributed by atoms with Crippen molar-refractivity contribution in [1.29, 1.82) is 0 Å². The smallest absolute Gasteiger partial charge is 0.164 e. The highest BCUT2D eigenvalue weighted by Crippen LogP contribution is 2.45. The van der Waals surface area contributed by atoms with Gasteiger partial charge in [0.15, 0.2) is 17.5 Å². The van der Waals surface area contributed by atoms with E-state index >= 15 is 0 Å². The molecule has 6 nitrogen and oxygen atoms in total. The van der Waals surface area contributed by atoms with Gasteiger partial charge in [-0.3, -0.25) is 0 Å². The summed E-state index contributed by atoms with van der Waals surface area (Å²) in [5.74, 6) is 1.73. The molecule has 0 aliphatic rings. The van der Waals surface area contributed by atoms with Crippen LogP contribution in [0.1, 0.15) is 0 Å². The van der Waals surface area contributed by atoms with Crippen LogP contribution in [-0.4, -0.2) is 24.1 Å². The average Bonchev–Trinajstić information content (AvgIpc) is 4.09. The highest BCUT2D eigenvalue weighted by Gasteiger charge is 2.24. The van der Waals surface area contributed by atoms with Crippen molar-refractivity contribution in [3.05, 3.63) is 237 Å². The first-order chi connectivity index (χ1) is 34.2. The molecule has 14 aromatic rings. The van der Waals surface area contributed by atoms with Crippen molar-refractivity contribution in [1.82, 2.24) is 24.1 Å². The Morgan fingerprint density at radius 2 is 0.754 bits per heavy atom. The van der Waals surface area contributed by atoms with Crippen molar-refractivity contribution >= 4 is 65.6 Å².